The minimum Gasteiger partial charge on any atom is -0.369 e. The normalized spacial score (nSPS) is 18.2. The van der Waals surface area contributed by atoms with E-state index in [-0.39, 0.29) is 6.04 Å². The van der Waals surface area contributed by atoms with E-state index in [2.05, 4.69) is 25.4 Å². The first kappa shape index (κ1) is 12.8. The number of hydrogen-bond donors (Lipinski definition) is 2. The van der Waals surface area contributed by atoms with Crippen molar-refractivity contribution >= 4 is 11.5 Å². The number of nitrogens with zero attached hydrogens (tertiary/aromatic N) is 4. The van der Waals surface area contributed by atoms with Gasteiger partial charge >= 0.3 is 0 Å². The summed E-state index contributed by atoms with van der Waals surface area (Å²) in [6, 6.07) is 8.11. The lowest BCUT2D eigenvalue weighted by Gasteiger charge is -2.17. The summed E-state index contributed by atoms with van der Waals surface area (Å²) in [6.45, 7) is 2.50. The van der Waals surface area contributed by atoms with Crippen molar-refractivity contribution in [3.63, 3.8) is 0 Å². The molecule has 3 N–H and O–H groups in total. The summed E-state index contributed by atoms with van der Waals surface area (Å²) in [5.41, 5.74) is 7.97. The second-order valence-corrected chi connectivity index (χ2v) is 4.97. The van der Waals surface area contributed by atoms with Gasteiger partial charge in [0.05, 0.1) is 24.1 Å². The Bertz CT molecular complexity index is 559. The Morgan fingerprint density at radius 1 is 1.40 bits per heavy atom. The summed E-state index contributed by atoms with van der Waals surface area (Å²) in [7, 11) is 0. The Morgan fingerprint density at radius 2 is 2.35 bits per heavy atom. The van der Waals surface area contributed by atoms with Crippen LogP contribution >= 0.6 is 0 Å². The Morgan fingerprint density at radius 3 is 3.10 bits per heavy atom. The molecular weight excluding hydrogens is 252 g/mol. The quantitative estimate of drug-likeness (QED) is 0.863. The third-order valence-corrected chi connectivity index (χ3v) is 3.41. The van der Waals surface area contributed by atoms with Crippen molar-refractivity contribution in [1.29, 1.82) is 0 Å². The molecule has 0 saturated carbocycles. The molecule has 0 radical (unpaired) electrons. The van der Waals surface area contributed by atoms with E-state index in [4.69, 9.17) is 5.73 Å². The van der Waals surface area contributed by atoms with Gasteiger partial charge in [-0.15, -0.1) is 5.10 Å². The fraction of sp³-hybridized carbons (Fsp3) is 0.357. The third-order valence-electron chi connectivity index (χ3n) is 3.41. The van der Waals surface area contributed by atoms with E-state index in [0.717, 1.165) is 36.7 Å². The number of rotatable bonds is 4. The van der Waals surface area contributed by atoms with Gasteiger partial charge in [-0.1, -0.05) is 6.07 Å². The molecule has 2 aromatic heterocycles. The van der Waals surface area contributed by atoms with E-state index in [1.54, 1.807) is 12.4 Å². The summed E-state index contributed by atoms with van der Waals surface area (Å²) in [6.07, 6.45) is 4.59. The molecule has 3 rings (SSSR count). The first-order valence-corrected chi connectivity index (χ1v) is 6.78. The van der Waals surface area contributed by atoms with Crippen LogP contribution in [0.1, 0.15) is 12.1 Å². The predicted molar refractivity (Wildman–Crippen MR) is 78.4 cm³/mol. The van der Waals surface area contributed by atoms with Gasteiger partial charge in [0, 0.05) is 31.4 Å². The molecule has 2 aromatic rings. The van der Waals surface area contributed by atoms with E-state index >= 15 is 0 Å². The second kappa shape index (κ2) is 5.83. The molecule has 20 heavy (non-hydrogen) atoms. The van der Waals surface area contributed by atoms with E-state index in [9.17, 15) is 0 Å². The molecule has 0 aliphatic carbocycles. The molecule has 104 valence electrons. The summed E-state index contributed by atoms with van der Waals surface area (Å²) < 4.78 is 0. The van der Waals surface area contributed by atoms with E-state index in [1.165, 1.54) is 0 Å². The molecule has 1 saturated heterocycles. The van der Waals surface area contributed by atoms with Crippen molar-refractivity contribution in [2.45, 2.75) is 19.0 Å². The van der Waals surface area contributed by atoms with Crippen LogP contribution < -0.4 is 16.0 Å². The monoisotopic (exact) mass is 270 g/mol. The number of hydrogen-bond acceptors (Lipinski definition) is 6. The first-order valence-electron chi connectivity index (χ1n) is 6.78. The summed E-state index contributed by atoms with van der Waals surface area (Å²) in [5, 5.41) is 11.4. The highest BCUT2D eigenvalue weighted by atomic mass is 15.2. The van der Waals surface area contributed by atoms with E-state index in [0.29, 0.717) is 6.54 Å². The molecule has 0 aromatic carbocycles. The molecule has 1 atom stereocenters. The molecular formula is C14H18N6. The van der Waals surface area contributed by atoms with Crippen LogP contribution in [0.2, 0.25) is 0 Å². The van der Waals surface area contributed by atoms with Crippen molar-refractivity contribution in [2.75, 3.05) is 23.3 Å². The standard InChI is InChI=1S/C14H18N6/c15-11-4-6-20(10-11)13-7-14(19-18-9-13)17-8-12-3-1-2-5-16-12/h1-3,5,7,9,11H,4,6,8,10,15H2,(H,17,19)/t11-/m1/s1. The molecule has 6 nitrogen and oxygen atoms in total. The van der Waals surface area contributed by atoms with E-state index < -0.39 is 0 Å². The lowest BCUT2D eigenvalue weighted by Crippen LogP contribution is -2.26. The number of nitrogens with one attached hydrogen (secondary N) is 1. The minimum atomic E-state index is 0.257. The van der Waals surface area contributed by atoms with Crippen LogP contribution in [0.4, 0.5) is 11.5 Å². The van der Waals surface area contributed by atoms with Gasteiger partial charge in [0.15, 0.2) is 5.82 Å². The van der Waals surface area contributed by atoms with Crippen molar-refractivity contribution in [3.8, 4) is 0 Å². The van der Waals surface area contributed by atoms with Crippen molar-refractivity contribution in [3.05, 3.63) is 42.4 Å². The SMILES string of the molecule is N[C@@H]1CCN(c2cnnc(NCc3ccccn3)c2)C1. The first-order chi connectivity index (χ1) is 9.81. The molecule has 0 amide bonds. The maximum absolute atomic E-state index is 5.93. The third kappa shape index (κ3) is 3.03. The van der Waals surface area contributed by atoms with Gasteiger partial charge in [-0.05, 0) is 18.6 Å². The van der Waals surface area contributed by atoms with Gasteiger partial charge < -0.3 is 16.0 Å². The minimum absolute atomic E-state index is 0.257. The highest BCUT2D eigenvalue weighted by molar-refractivity contribution is 5.53. The molecule has 0 unspecified atom stereocenters. The topological polar surface area (TPSA) is 80.0 Å². The summed E-state index contributed by atoms with van der Waals surface area (Å²) in [4.78, 5) is 6.51. The summed E-state index contributed by atoms with van der Waals surface area (Å²) in [5.74, 6) is 0.758. The number of nitrogens with two attached hydrogens (primary N) is 1. The zero-order valence-electron chi connectivity index (χ0n) is 11.2. The second-order valence-electron chi connectivity index (χ2n) is 4.97. The molecule has 6 heteroatoms. The number of pyridine rings is 1. The smallest absolute Gasteiger partial charge is 0.151 e. The fourth-order valence-electron chi connectivity index (χ4n) is 2.32. The van der Waals surface area contributed by atoms with Crippen molar-refractivity contribution in [1.82, 2.24) is 15.2 Å². The summed E-state index contributed by atoms with van der Waals surface area (Å²) >= 11 is 0. The van der Waals surface area contributed by atoms with Crippen LogP contribution in [0.15, 0.2) is 36.7 Å². The molecule has 3 heterocycles. The van der Waals surface area contributed by atoms with Gasteiger partial charge in [0.25, 0.3) is 0 Å². The van der Waals surface area contributed by atoms with Crippen LogP contribution in [0.3, 0.4) is 0 Å². The maximum atomic E-state index is 5.93. The lowest BCUT2D eigenvalue weighted by molar-refractivity contribution is 0.752. The zero-order valence-corrected chi connectivity index (χ0v) is 11.2. The Kier molecular flexibility index (Phi) is 3.73. The molecule has 1 aliphatic rings. The van der Waals surface area contributed by atoms with Crippen molar-refractivity contribution < 1.29 is 0 Å². The van der Waals surface area contributed by atoms with Crippen LogP contribution in [0.5, 0.6) is 0 Å². The highest BCUT2D eigenvalue weighted by Crippen LogP contribution is 2.20. The van der Waals surface area contributed by atoms with Gasteiger partial charge in [0.1, 0.15) is 0 Å². The van der Waals surface area contributed by atoms with Gasteiger partial charge in [-0.25, -0.2) is 0 Å². The van der Waals surface area contributed by atoms with Gasteiger partial charge in [-0.2, -0.15) is 5.10 Å². The highest BCUT2D eigenvalue weighted by Gasteiger charge is 2.19. The van der Waals surface area contributed by atoms with Crippen LogP contribution in [0.25, 0.3) is 0 Å². The molecule has 0 bridgehead atoms. The van der Waals surface area contributed by atoms with Gasteiger partial charge in [0.2, 0.25) is 0 Å². The average Bonchev–Trinajstić information content (AvgIpc) is 2.93. The number of aromatic nitrogens is 3. The average molecular weight is 270 g/mol. The zero-order chi connectivity index (χ0) is 13.8. The molecule has 1 fully saturated rings. The van der Waals surface area contributed by atoms with Gasteiger partial charge in [-0.3, -0.25) is 4.98 Å². The lowest BCUT2D eigenvalue weighted by atomic mass is 10.3. The Labute approximate surface area is 118 Å². The fourth-order valence-corrected chi connectivity index (χ4v) is 2.32. The Balaban J connectivity index is 1.65. The Hall–Kier alpha value is -2.21. The predicted octanol–water partition coefficient (Wildman–Crippen LogP) is 1.02. The number of anilines is 2. The maximum Gasteiger partial charge on any atom is 0.151 e. The van der Waals surface area contributed by atoms with Crippen molar-refractivity contribution in [2.24, 2.45) is 5.73 Å². The van der Waals surface area contributed by atoms with Crippen LogP contribution in [-0.2, 0) is 6.54 Å². The van der Waals surface area contributed by atoms with Crippen LogP contribution in [-0.4, -0.2) is 34.3 Å². The van der Waals surface area contributed by atoms with Crippen LogP contribution in [0, 0.1) is 0 Å². The molecule has 0 spiro atoms. The largest absolute Gasteiger partial charge is 0.369 e. The molecule has 1 aliphatic heterocycles. The van der Waals surface area contributed by atoms with E-state index in [1.807, 2.05) is 24.3 Å².